The molecule has 0 aromatic rings. The molecule has 0 unspecified atom stereocenters. The van der Waals surface area contributed by atoms with Crippen LogP contribution in [0.1, 0.15) is 135 Å². The third kappa shape index (κ3) is 11.2. The van der Waals surface area contributed by atoms with Gasteiger partial charge < -0.3 is 43.7 Å². The van der Waals surface area contributed by atoms with Gasteiger partial charge in [0.05, 0.1) is 36.4 Å². The molecule has 0 saturated heterocycles. The molecule has 3 saturated carbocycles. The van der Waals surface area contributed by atoms with Crippen molar-refractivity contribution in [2.45, 2.75) is 177 Å². The number of fused-ring (bicyclic) bond motifs is 4. The first-order valence-electron chi connectivity index (χ1n) is 26.9. The van der Waals surface area contributed by atoms with Gasteiger partial charge in [-0.3, -0.25) is 52.7 Å². The fraction of sp³-hybridized carbons (Fsp3) is 0.678. The van der Waals surface area contributed by atoms with E-state index in [1.54, 1.807) is 26.0 Å². The minimum absolute atomic E-state index is 0.0422. The zero-order chi connectivity index (χ0) is 59.6. The molecule has 1 spiro atoms. The summed E-state index contributed by atoms with van der Waals surface area (Å²) in [5.74, 6) is -17.8. The summed E-state index contributed by atoms with van der Waals surface area (Å²) < 4.78 is 35.9. The van der Waals surface area contributed by atoms with Crippen molar-refractivity contribution in [3.8, 4) is 0 Å². The minimum Gasteiger partial charge on any atom is -0.481 e. The normalized spacial score (nSPS) is 38.0. The predicted octanol–water partition coefficient (Wildman–Crippen LogP) is 6.02. The van der Waals surface area contributed by atoms with Crippen LogP contribution in [0.3, 0.4) is 0 Å². The van der Waals surface area contributed by atoms with E-state index in [2.05, 4.69) is 6.58 Å². The molecule has 0 heterocycles. The van der Waals surface area contributed by atoms with Gasteiger partial charge in [0.25, 0.3) is 0 Å². The average molecular weight is 1110 g/mol. The average Bonchev–Trinajstić information content (AvgIpc) is 3.90. The van der Waals surface area contributed by atoms with Crippen LogP contribution in [0.15, 0.2) is 47.6 Å². The van der Waals surface area contributed by atoms with Crippen LogP contribution in [-0.2, 0) is 81.2 Å². The molecule has 6 rings (SSSR count). The Balaban J connectivity index is 1.43. The molecule has 17 atom stereocenters. The number of esters is 5. The second-order valence-electron chi connectivity index (χ2n) is 24.7. The second-order valence-corrected chi connectivity index (χ2v) is 24.7. The van der Waals surface area contributed by atoms with E-state index in [1.165, 1.54) is 39.8 Å². The van der Waals surface area contributed by atoms with Crippen molar-refractivity contribution in [1.82, 2.24) is 0 Å². The van der Waals surface area contributed by atoms with Crippen molar-refractivity contribution < 1.29 is 96.5 Å². The van der Waals surface area contributed by atoms with Crippen LogP contribution < -0.4 is 0 Å². The maximum absolute atomic E-state index is 15.3. The smallest absolute Gasteiger partial charge is 0.304 e. The third-order valence-electron chi connectivity index (χ3n) is 18.0. The van der Waals surface area contributed by atoms with Gasteiger partial charge in [-0.15, -0.1) is 0 Å². The fourth-order valence-electron chi connectivity index (χ4n) is 14.8. The van der Waals surface area contributed by atoms with E-state index in [1.807, 2.05) is 20.8 Å². The molecular weight excluding hydrogens is 1030 g/mol. The van der Waals surface area contributed by atoms with E-state index in [0.717, 1.165) is 34.6 Å². The number of ether oxygens (including phenoxy) is 6. The number of carbonyl (C=O) groups is 11. The highest BCUT2D eigenvalue weighted by molar-refractivity contribution is 5.97. The Labute approximate surface area is 460 Å². The molecule has 0 aromatic carbocycles. The number of carboxylic acids is 2. The number of carbonyl (C=O) groups excluding carboxylic acids is 9. The molecule has 3 fully saturated rings. The van der Waals surface area contributed by atoms with Gasteiger partial charge in [0.1, 0.15) is 11.9 Å². The van der Waals surface area contributed by atoms with E-state index in [-0.39, 0.29) is 35.0 Å². The zero-order valence-electron chi connectivity index (χ0n) is 47.8. The van der Waals surface area contributed by atoms with Crippen LogP contribution in [0.5, 0.6) is 0 Å². The molecule has 6 aliphatic carbocycles. The monoisotopic (exact) mass is 1110 g/mol. The molecular formula is C59H78O20. The van der Waals surface area contributed by atoms with Crippen molar-refractivity contribution in [1.29, 1.82) is 0 Å². The van der Waals surface area contributed by atoms with Gasteiger partial charge in [0.15, 0.2) is 46.9 Å². The first-order chi connectivity index (χ1) is 36.3. The minimum atomic E-state index is -2.45. The molecule has 0 amide bonds. The zero-order valence-corrected chi connectivity index (χ0v) is 47.8. The van der Waals surface area contributed by atoms with Crippen LogP contribution in [0, 0.1) is 69.5 Å². The van der Waals surface area contributed by atoms with E-state index in [0.29, 0.717) is 12.0 Å². The molecule has 2 bridgehead atoms. The largest absolute Gasteiger partial charge is 0.481 e. The number of rotatable bonds is 16. The Morgan fingerprint density at radius 2 is 1.29 bits per heavy atom. The van der Waals surface area contributed by atoms with Gasteiger partial charge in [-0.2, -0.15) is 0 Å². The number of Topliss-reactive ketones (excluding diaryl/α,β-unsaturated/α-hetero) is 4. The number of hydrogen-bond donors (Lipinski definition) is 3. The van der Waals surface area contributed by atoms with Crippen LogP contribution in [-0.4, -0.2) is 128 Å². The lowest BCUT2D eigenvalue weighted by atomic mass is 9.54. The predicted molar refractivity (Wildman–Crippen MR) is 278 cm³/mol. The molecule has 0 aromatic heterocycles. The maximum atomic E-state index is 15.3. The highest BCUT2D eigenvalue weighted by atomic mass is 16.6. The Hall–Kier alpha value is -6.15. The van der Waals surface area contributed by atoms with Crippen molar-refractivity contribution in [2.75, 3.05) is 6.61 Å². The maximum Gasteiger partial charge on any atom is 0.304 e. The topological polar surface area (TPSA) is 304 Å². The van der Waals surface area contributed by atoms with E-state index in [4.69, 9.17) is 28.4 Å². The first kappa shape index (κ1) is 62.1. The van der Waals surface area contributed by atoms with Crippen LogP contribution >= 0.6 is 0 Å². The Bertz CT molecular complexity index is 2710. The Kier molecular flexibility index (Phi) is 17.3. The molecule has 79 heavy (non-hydrogen) atoms. The SMILES string of the molecule is C=C1[C@H](OC(C)=O)[C@H]2[C@@H](OC(C)=O)[C@](C)(OC(C)=O)C[C@]2(OC(C)=O)C(=O)[C@@H](C)/C=C/C(C)(C)C(=O)[C@H](OC[C@@H](C)CC(=O)CC2=C[C@@H]3C(=O)[C@]4(C=C(C)[C@H](CC(=O)O)[C@@]4(O)[C@@H]2CC(=O)O)[C@H](C)C[C@@H]2[C@H]3C2(C)C)[C@H]1OC(C)=O. The van der Waals surface area contributed by atoms with Crippen LogP contribution in [0.25, 0.3) is 0 Å². The summed E-state index contributed by atoms with van der Waals surface area (Å²) in [4.78, 5) is 151. The number of aliphatic hydroxyl groups is 1. The standard InChI is InChI=1S/C59H78O20/c1-27(18-38(65)20-37-21-39-45-42(55(45,13)14)19-30(4)57(51(39)71)24-29(3)40(22-43(66)67)59(57,73)41(37)23-44(68)69)25-74-49-48(76-33(7)61)31(5)47(75-32(6)60)46-53(77-34(8)62)56(15,78-35(9)63)26-58(46,79-36(10)64)50(70)28(2)16-17-54(11,12)52(49)72/h16-17,21,24,27-28,30,39-42,45-49,53,73H,5,18-20,22-23,25-26H2,1-4,6-15H3,(H,66,67)(H,68,69)/b17-16+/t27-,28-,30+,39-,40-,41+,42+,45-,46-,47-,48-,49+,53+,56+,57-,58+,59+/m0/s1. The highest BCUT2D eigenvalue weighted by Crippen LogP contribution is 2.73. The molecule has 20 nitrogen and oxygen atoms in total. The summed E-state index contributed by atoms with van der Waals surface area (Å²) >= 11 is 0. The fourth-order valence-corrected chi connectivity index (χ4v) is 14.8. The van der Waals surface area contributed by atoms with Gasteiger partial charge in [0, 0.05) is 88.5 Å². The van der Waals surface area contributed by atoms with Crippen molar-refractivity contribution in [3.05, 3.63) is 47.6 Å². The van der Waals surface area contributed by atoms with E-state index < -0.39 is 190 Å². The number of hydrogen-bond acceptors (Lipinski definition) is 18. The summed E-state index contributed by atoms with van der Waals surface area (Å²) in [5.41, 5.74) is -9.98. The van der Waals surface area contributed by atoms with Crippen molar-refractivity contribution in [3.63, 3.8) is 0 Å². The van der Waals surface area contributed by atoms with Gasteiger partial charge in [-0.25, -0.2) is 0 Å². The van der Waals surface area contributed by atoms with Gasteiger partial charge in [0.2, 0.25) is 0 Å². The summed E-state index contributed by atoms with van der Waals surface area (Å²) in [6, 6.07) is 0. The summed E-state index contributed by atoms with van der Waals surface area (Å²) in [6.45, 7) is 23.8. The van der Waals surface area contributed by atoms with E-state index >= 15 is 14.4 Å². The number of ketones is 4. The van der Waals surface area contributed by atoms with E-state index in [9.17, 15) is 53.7 Å². The lowest BCUT2D eigenvalue weighted by Crippen LogP contribution is -2.61. The molecule has 6 aliphatic rings. The second kappa shape index (κ2) is 22.1. The van der Waals surface area contributed by atoms with Crippen molar-refractivity contribution in [2.24, 2.45) is 69.5 Å². The number of aliphatic carboxylic acids is 2. The Morgan fingerprint density at radius 1 is 0.734 bits per heavy atom. The quantitative estimate of drug-likeness (QED) is 0.0904. The molecule has 434 valence electrons. The van der Waals surface area contributed by atoms with Crippen molar-refractivity contribution >= 4 is 64.9 Å². The summed E-state index contributed by atoms with van der Waals surface area (Å²) in [6.07, 6.45) is -3.53. The molecule has 0 radical (unpaired) electrons. The highest BCUT2D eigenvalue weighted by Gasteiger charge is 2.76. The Morgan fingerprint density at radius 3 is 1.84 bits per heavy atom. The first-order valence-corrected chi connectivity index (χ1v) is 26.9. The third-order valence-corrected chi connectivity index (χ3v) is 18.0. The summed E-state index contributed by atoms with van der Waals surface area (Å²) in [5, 5.41) is 34.1. The lowest BCUT2D eigenvalue weighted by Gasteiger charge is -2.51. The van der Waals surface area contributed by atoms with Gasteiger partial charge in [-0.1, -0.05) is 76.6 Å². The van der Waals surface area contributed by atoms with Gasteiger partial charge in [-0.05, 0) is 63.2 Å². The van der Waals surface area contributed by atoms with Crippen LogP contribution in [0.2, 0.25) is 0 Å². The number of allylic oxidation sites excluding steroid dienone is 3. The molecule has 3 N–H and O–H groups in total. The molecule has 20 heteroatoms. The molecule has 0 aliphatic heterocycles. The van der Waals surface area contributed by atoms with Gasteiger partial charge >= 0.3 is 41.8 Å². The number of carboxylic acid groups (broad SMARTS) is 2. The summed E-state index contributed by atoms with van der Waals surface area (Å²) in [7, 11) is 0. The lowest BCUT2D eigenvalue weighted by molar-refractivity contribution is -0.190. The van der Waals surface area contributed by atoms with Crippen LogP contribution in [0.4, 0.5) is 0 Å².